The molecule has 0 heterocycles. The summed E-state index contributed by atoms with van der Waals surface area (Å²) in [6.45, 7) is 11.8. The molecule has 0 bridgehead atoms. The lowest BCUT2D eigenvalue weighted by Crippen LogP contribution is -2.34. The van der Waals surface area contributed by atoms with Gasteiger partial charge in [0.25, 0.3) is 0 Å². The second kappa shape index (κ2) is 5.45. The maximum Gasteiger partial charge on any atom is 0.0458 e. The van der Waals surface area contributed by atoms with Gasteiger partial charge in [-0.25, -0.2) is 0 Å². The second-order valence-electron chi connectivity index (χ2n) is 2.92. The van der Waals surface area contributed by atoms with Gasteiger partial charge in [0.1, 0.15) is 0 Å². The van der Waals surface area contributed by atoms with Crippen LogP contribution in [-0.2, 0) is 0 Å². The topological polar surface area (TPSA) is 24.1 Å². The van der Waals surface area contributed by atoms with Crippen LogP contribution in [0.3, 0.4) is 0 Å². The molecule has 0 amide bonds. The summed E-state index contributed by atoms with van der Waals surface area (Å²) in [5.41, 5.74) is 1.17. The van der Waals surface area contributed by atoms with E-state index in [9.17, 15) is 0 Å². The maximum absolute atomic E-state index is 3.78. The van der Waals surface area contributed by atoms with E-state index in [-0.39, 0.29) is 0 Å². The van der Waals surface area contributed by atoms with Gasteiger partial charge < -0.3 is 10.6 Å². The Morgan fingerprint density at radius 3 is 2.50 bits per heavy atom. The third kappa shape index (κ3) is 7.66. The normalized spacial score (nSPS) is 10.4. The average Bonchev–Trinajstić information content (AvgIpc) is 1.79. The molecule has 0 aliphatic rings. The standard InChI is InChI=1S/C8H18N2/c1-7(2)5-9-6-10-8(3)4/h8-10H,1,5-6H2,2-4H3. The van der Waals surface area contributed by atoms with Gasteiger partial charge in [0.15, 0.2) is 0 Å². The van der Waals surface area contributed by atoms with Gasteiger partial charge in [0, 0.05) is 19.3 Å². The van der Waals surface area contributed by atoms with Gasteiger partial charge >= 0.3 is 0 Å². The monoisotopic (exact) mass is 142 g/mol. The fourth-order valence-electron chi connectivity index (χ4n) is 0.552. The molecule has 2 nitrogen and oxygen atoms in total. The van der Waals surface area contributed by atoms with Crippen LogP contribution < -0.4 is 10.6 Å². The van der Waals surface area contributed by atoms with Crippen molar-refractivity contribution < 1.29 is 0 Å². The quantitative estimate of drug-likeness (QED) is 0.341. The minimum absolute atomic E-state index is 0.553. The Morgan fingerprint density at radius 2 is 2.10 bits per heavy atom. The van der Waals surface area contributed by atoms with Crippen LogP contribution in [0.5, 0.6) is 0 Å². The van der Waals surface area contributed by atoms with E-state index in [4.69, 9.17) is 0 Å². The van der Waals surface area contributed by atoms with E-state index in [1.54, 1.807) is 0 Å². The minimum atomic E-state index is 0.553. The van der Waals surface area contributed by atoms with Crippen LogP contribution >= 0.6 is 0 Å². The van der Waals surface area contributed by atoms with E-state index in [0.29, 0.717) is 6.04 Å². The van der Waals surface area contributed by atoms with E-state index < -0.39 is 0 Å². The van der Waals surface area contributed by atoms with Crippen LogP contribution in [-0.4, -0.2) is 19.3 Å². The molecule has 0 saturated heterocycles. The SMILES string of the molecule is C=C(C)CNCNC(C)C. The average molecular weight is 142 g/mol. The van der Waals surface area contributed by atoms with Crippen molar-refractivity contribution in [3.8, 4) is 0 Å². The molecule has 2 heteroatoms. The lowest BCUT2D eigenvalue weighted by Gasteiger charge is -2.08. The predicted octanol–water partition coefficient (Wildman–Crippen LogP) is 1.11. The molecule has 0 unspecified atom stereocenters. The van der Waals surface area contributed by atoms with Gasteiger partial charge in [0.05, 0.1) is 0 Å². The molecule has 0 saturated carbocycles. The third-order valence-electron chi connectivity index (χ3n) is 1.06. The van der Waals surface area contributed by atoms with E-state index in [1.165, 1.54) is 5.57 Å². The fourth-order valence-corrected chi connectivity index (χ4v) is 0.552. The maximum atomic E-state index is 3.78. The van der Waals surface area contributed by atoms with Crippen LogP contribution in [0.4, 0.5) is 0 Å². The molecule has 0 aromatic rings. The largest absolute Gasteiger partial charge is 0.302 e. The molecular formula is C8H18N2. The zero-order chi connectivity index (χ0) is 7.98. The zero-order valence-corrected chi connectivity index (χ0v) is 7.20. The Bertz CT molecular complexity index is 97.4. The van der Waals surface area contributed by atoms with E-state index in [0.717, 1.165) is 13.2 Å². The first-order valence-electron chi connectivity index (χ1n) is 3.71. The van der Waals surface area contributed by atoms with E-state index in [1.807, 2.05) is 6.92 Å². The van der Waals surface area contributed by atoms with Gasteiger partial charge in [-0.2, -0.15) is 0 Å². The van der Waals surface area contributed by atoms with Crippen molar-refractivity contribution in [1.29, 1.82) is 0 Å². The highest BCUT2D eigenvalue weighted by Crippen LogP contribution is 1.80. The Balaban J connectivity index is 2.98. The first-order valence-corrected chi connectivity index (χ1v) is 3.71. The second-order valence-corrected chi connectivity index (χ2v) is 2.92. The van der Waals surface area contributed by atoms with Crippen molar-refractivity contribution in [2.24, 2.45) is 0 Å². The molecule has 0 aromatic heterocycles. The molecule has 0 atom stereocenters. The van der Waals surface area contributed by atoms with Gasteiger partial charge in [-0.15, -0.1) is 0 Å². The zero-order valence-electron chi connectivity index (χ0n) is 7.20. The number of rotatable bonds is 5. The Labute approximate surface area is 63.7 Å². The fraction of sp³-hybridized carbons (Fsp3) is 0.750. The molecule has 0 aliphatic carbocycles. The van der Waals surface area contributed by atoms with Crippen LogP contribution in [0.1, 0.15) is 20.8 Å². The highest BCUT2D eigenvalue weighted by Gasteiger charge is 1.89. The van der Waals surface area contributed by atoms with Crippen molar-refractivity contribution in [1.82, 2.24) is 10.6 Å². The molecule has 0 spiro atoms. The molecule has 10 heavy (non-hydrogen) atoms. The summed E-state index contributed by atoms with van der Waals surface area (Å²) in [5, 5.41) is 6.45. The molecule has 0 aromatic carbocycles. The molecule has 0 rings (SSSR count). The van der Waals surface area contributed by atoms with Gasteiger partial charge in [-0.3, -0.25) is 0 Å². The first kappa shape index (κ1) is 9.66. The van der Waals surface area contributed by atoms with Crippen LogP contribution in [0, 0.1) is 0 Å². The lowest BCUT2D eigenvalue weighted by molar-refractivity contribution is 0.540. The van der Waals surface area contributed by atoms with Crippen LogP contribution in [0.2, 0.25) is 0 Å². The van der Waals surface area contributed by atoms with Crippen molar-refractivity contribution in [2.45, 2.75) is 26.8 Å². The lowest BCUT2D eigenvalue weighted by atomic mass is 10.3. The third-order valence-corrected chi connectivity index (χ3v) is 1.06. The number of hydrogen-bond acceptors (Lipinski definition) is 2. The van der Waals surface area contributed by atoms with Crippen molar-refractivity contribution >= 4 is 0 Å². The van der Waals surface area contributed by atoms with Gasteiger partial charge in [-0.05, 0) is 20.8 Å². The summed E-state index contributed by atoms with van der Waals surface area (Å²) in [6.07, 6.45) is 0. The molecule has 0 fully saturated rings. The molecule has 60 valence electrons. The molecular weight excluding hydrogens is 124 g/mol. The van der Waals surface area contributed by atoms with E-state index >= 15 is 0 Å². The van der Waals surface area contributed by atoms with E-state index in [2.05, 4.69) is 31.1 Å². The smallest absolute Gasteiger partial charge is 0.0458 e. The minimum Gasteiger partial charge on any atom is -0.302 e. The highest BCUT2D eigenvalue weighted by molar-refractivity contribution is 4.90. The summed E-state index contributed by atoms with van der Waals surface area (Å²) in [7, 11) is 0. The Kier molecular flexibility index (Phi) is 5.26. The Morgan fingerprint density at radius 1 is 1.50 bits per heavy atom. The number of hydrogen-bond donors (Lipinski definition) is 2. The molecule has 0 aliphatic heterocycles. The molecule has 0 radical (unpaired) electrons. The Hall–Kier alpha value is -0.340. The molecule has 2 N–H and O–H groups in total. The van der Waals surface area contributed by atoms with Gasteiger partial charge in [0.2, 0.25) is 0 Å². The van der Waals surface area contributed by atoms with Crippen molar-refractivity contribution in [2.75, 3.05) is 13.2 Å². The summed E-state index contributed by atoms with van der Waals surface area (Å²) in [4.78, 5) is 0. The first-order chi connectivity index (χ1) is 4.63. The van der Waals surface area contributed by atoms with Crippen LogP contribution in [0.25, 0.3) is 0 Å². The summed E-state index contributed by atoms with van der Waals surface area (Å²) in [6, 6.07) is 0.553. The highest BCUT2D eigenvalue weighted by atomic mass is 15.1. The van der Waals surface area contributed by atoms with Crippen LogP contribution in [0.15, 0.2) is 12.2 Å². The number of nitrogens with one attached hydrogen (secondary N) is 2. The predicted molar refractivity (Wildman–Crippen MR) is 46.0 cm³/mol. The van der Waals surface area contributed by atoms with Crippen molar-refractivity contribution in [3.05, 3.63) is 12.2 Å². The van der Waals surface area contributed by atoms with Gasteiger partial charge in [-0.1, -0.05) is 12.2 Å². The summed E-state index contributed by atoms with van der Waals surface area (Å²) < 4.78 is 0. The summed E-state index contributed by atoms with van der Waals surface area (Å²) >= 11 is 0. The summed E-state index contributed by atoms with van der Waals surface area (Å²) in [5.74, 6) is 0. The van der Waals surface area contributed by atoms with Crippen molar-refractivity contribution in [3.63, 3.8) is 0 Å².